The van der Waals surface area contributed by atoms with E-state index in [9.17, 15) is 5.11 Å². The first-order valence-corrected chi connectivity index (χ1v) is 6.68. The molecule has 0 amide bonds. The van der Waals surface area contributed by atoms with Gasteiger partial charge in [0.25, 0.3) is 0 Å². The zero-order chi connectivity index (χ0) is 13.0. The van der Waals surface area contributed by atoms with Crippen molar-refractivity contribution in [3.8, 4) is 0 Å². The van der Waals surface area contributed by atoms with E-state index in [-0.39, 0.29) is 6.10 Å². The fourth-order valence-electron chi connectivity index (χ4n) is 2.31. The number of para-hydroxylation sites is 1. The zero-order valence-corrected chi connectivity index (χ0v) is 11.2. The second-order valence-electron chi connectivity index (χ2n) is 4.84. The number of benzene rings is 1. The third-order valence-corrected chi connectivity index (χ3v) is 3.09. The SMILES string of the molecule is CCCn1cc(CNC[C@H](C)O)c2ccccc21. The van der Waals surface area contributed by atoms with Crippen LogP contribution < -0.4 is 5.32 Å². The highest BCUT2D eigenvalue weighted by Crippen LogP contribution is 2.21. The van der Waals surface area contributed by atoms with Crippen molar-refractivity contribution < 1.29 is 5.11 Å². The van der Waals surface area contributed by atoms with Gasteiger partial charge in [-0.3, -0.25) is 0 Å². The Hall–Kier alpha value is -1.32. The number of rotatable bonds is 6. The van der Waals surface area contributed by atoms with E-state index in [0.717, 1.165) is 19.5 Å². The third kappa shape index (κ3) is 2.92. The second kappa shape index (κ2) is 6.03. The molecule has 1 heterocycles. The van der Waals surface area contributed by atoms with Gasteiger partial charge < -0.3 is 15.0 Å². The molecule has 0 aliphatic carbocycles. The first-order valence-electron chi connectivity index (χ1n) is 6.68. The summed E-state index contributed by atoms with van der Waals surface area (Å²) in [5.74, 6) is 0. The summed E-state index contributed by atoms with van der Waals surface area (Å²) in [4.78, 5) is 0. The molecule has 18 heavy (non-hydrogen) atoms. The Morgan fingerprint density at radius 3 is 2.83 bits per heavy atom. The van der Waals surface area contributed by atoms with Crippen molar-refractivity contribution in [2.24, 2.45) is 0 Å². The Labute approximate surface area is 108 Å². The maximum atomic E-state index is 9.27. The van der Waals surface area contributed by atoms with Crippen molar-refractivity contribution in [2.45, 2.75) is 39.5 Å². The molecule has 0 fully saturated rings. The quantitative estimate of drug-likeness (QED) is 0.822. The summed E-state index contributed by atoms with van der Waals surface area (Å²) in [5, 5.41) is 13.9. The van der Waals surface area contributed by atoms with Gasteiger partial charge in [0, 0.05) is 36.7 Å². The van der Waals surface area contributed by atoms with Crippen molar-refractivity contribution >= 4 is 10.9 Å². The molecule has 1 aromatic carbocycles. The van der Waals surface area contributed by atoms with Crippen molar-refractivity contribution in [3.05, 3.63) is 36.0 Å². The van der Waals surface area contributed by atoms with Crippen molar-refractivity contribution in [2.75, 3.05) is 6.54 Å². The van der Waals surface area contributed by atoms with Gasteiger partial charge >= 0.3 is 0 Å². The normalized spacial score (nSPS) is 13.1. The molecular formula is C15H22N2O. The molecule has 0 aliphatic rings. The van der Waals surface area contributed by atoms with Crippen LogP contribution in [0, 0.1) is 0 Å². The lowest BCUT2D eigenvalue weighted by atomic mass is 10.2. The lowest BCUT2D eigenvalue weighted by molar-refractivity contribution is 0.191. The van der Waals surface area contributed by atoms with Gasteiger partial charge in [0.05, 0.1) is 6.10 Å². The molecule has 2 N–H and O–H groups in total. The Bertz CT molecular complexity index is 502. The van der Waals surface area contributed by atoms with E-state index in [0.29, 0.717) is 6.54 Å². The molecule has 1 aromatic heterocycles. The molecule has 0 aliphatic heterocycles. The predicted molar refractivity (Wildman–Crippen MR) is 75.6 cm³/mol. The van der Waals surface area contributed by atoms with Crippen LogP contribution in [0.4, 0.5) is 0 Å². The minimum Gasteiger partial charge on any atom is -0.392 e. The number of fused-ring (bicyclic) bond motifs is 1. The molecule has 0 saturated carbocycles. The summed E-state index contributed by atoms with van der Waals surface area (Å²) >= 11 is 0. The molecule has 3 heteroatoms. The average Bonchev–Trinajstić information content (AvgIpc) is 2.69. The van der Waals surface area contributed by atoms with Gasteiger partial charge in [-0.1, -0.05) is 25.1 Å². The topological polar surface area (TPSA) is 37.2 Å². The number of aliphatic hydroxyl groups is 1. The van der Waals surface area contributed by atoms with Crippen LogP contribution in [0.25, 0.3) is 10.9 Å². The molecule has 3 nitrogen and oxygen atoms in total. The van der Waals surface area contributed by atoms with Crippen molar-refractivity contribution in [1.82, 2.24) is 9.88 Å². The zero-order valence-electron chi connectivity index (χ0n) is 11.2. The standard InChI is InChI=1S/C15H22N2O/c1-3-8-17-11-13(10-16-9-12(2)18)14-6-4-5-7-15(14)17/h4-7,11-12,16,18H,3,8-10H2,1-2H3/t12-/m0/s1. The fraction of sp³-hybridized carbons (Fsp3) is 0.467. The Kier molecular flexibility index (Phi) is 4.39. The van der Waals surface area contributed by atoms with Crippen LogP contribution in [0.1, 0.15) is 25.8 Å². The first kappa shape index (κ1) is 13.1. The summed E-state index contributed by atoms with van der Waals surface area (Å²) in [7, 11) is 0. The number of aromatic nitrogens is 1. The lowest BCUT2D eigenvalue weighted by Gasteiger charge is -2.05. The van der Waals surface area contributed by atoms with Crippen LogP contribution in [-0.2, 0) is 13.1 Å². The first-order chi connectivity index (χ1) is 8.72. The Morgan fingerprint density at radius 2 is 2.11 bits per heavy atom. The molecule has 2 aromatic rings. The maximum absolute atomic E-state index is 9.27. The highest BCUT2D eigenvalue weighted by Gasteiger charge is 2.07. The van der Waals surface area contributed by atoms with E-state index in [1.165, 1.54) is 16.5 Å². The molecule has 0 radical (unpaired) electrons. The van der Waals surface area contributed by atoms with Crippen molar-refractivity contribution in [1.29, 1.82) is 0 Å². The Morgan fingerprint density at radius 1 is 1.33 bits per heavy atom. The van der Waals surface area contributed by atoms with E-state index in [1.807, 2.05) is 0 Å². The summed E-state index contributed by atoms with van der Waals surface area (Å²) in [6, 6.07) is 8.50. The van der Waals surface area contributed by atoms with Gasteiger partial charge in [-0.2, -0.15) is 0 Å². The van der Waals surface area contributed by atoms with E-state index >= 15 is 0 Å². The van der Waals surface area contributed by atoms with Crippen LogP contribution in [0.5, 0.6) is 0 Å². The summed E-state index contributed by atoms with van der Waals surface area (Å²) in [6.07, 6.45) is 3.07. The summed E-state index contributed by atoms with van der Waals surface area (Å²) in [5.41, 5.74) is 2.60. The van der Waals surface area contributed by atoms with Gasteiger partial charge in [0.1, 0.15) is 0 Å². The number of aliphatic hydroxyl groups excluding tert-OH is 1. The molecule has 0 saturated heterocycles. The molecule has 2 rings (SSSR count). The number of hydrogen-bond donors (Lipinski definition) is 2. The van der Waals surface area contributed by atoms with Crippen LogP contribution in [0.2, 0.25) is 0 Å². The molecular weight excluding hydrogens is 224 g/mol. The number of hydrogen-bond acceptors (Lipinski definition) is 2. The monoisotopic (exact) mass is 246 g/mol. The predicted octanol–water partition coefficient (Wildman–Crippen LogP) is 2.52. The number of aryl methyl sites for hydroxylation is 1. The van der Waals surface area contributed by atoms with E-state index < -0.39 is 0 Å². The van der Waals surface area contributed by atoms with Crippen LogP contribution in [0.15, 0.2) is 30.5 Å². The molecule has 0 bridgehead atoms. The molecule has 98 valence electrons. The maximum Gasteiger partial charge on any atom is 0.0636 e. The third-order valence-electron chi connectivity index (χ3n) is 3.09. The van der Waals surface area contributed by atoms with Gasteiger partial charge in [-0.05, 0) is 25.0 Å². The largest absolute Gasteiger partial charge is 0.392 e. The van der Waals surface area contributed by atoms with Gasteiger partial charge in [-0.15, -0.1) is 0 Å². The fourth-order valence-corrected chi connectivity index (χ4v) is 2.31. The minimum absolute atomic E-state index is 0.297. The van der Waals surface area contributed by atoms with Crippen LogP contribution in [0.3, 0.4) is 0 Å². The number of nitrogens with one attached hydrogen (secondary N) is 1. The van der Waals surface area contributed by atoms with Crippen LogP contribution in [-0.4, -0.2) is 22.3 Å². The molecule has 0 spiro atoms. The van der Waals surface area contributed by atoms with E-state index in [1.54, 1.807) is 6.92 Å². The summed E-state index contributed by atoms with van der Waals surface area (Å²) in [6.45, 7) is 6.49. The van der Waals surface area contributed by atoms with Gasteiger partial charge in [0.2, 0.25) is 0 Å². The molecule has 1 atom stereocenters. The molecule has 0 unspecified atom stereocenters. The van der Waals surface area contributed by atoms with E-state index in [2.05, 4.69) is 47.3 Å². The van der Waals surface area contributed by atoms with Gasteiger partial charge in [0.15, 0.2) is 0 Å². The minimum atomic E-state index is -0.297. The lowest BCUT2D eigenvalue weighted by Crippen LogP contribution is -2.23. The highest BCUT2D eigenvalue weighted by atomic mass is 16.3. The van der Waals surface area contributed by atoms with Crippen molar-refractivity contribution in [3.63, 3.8) is 0 Å². The summed E-state index contributed by atoms with van der Waals surface area (Å²) < 4.78 is 2.31. The van der Waals surface area contributed by atoms with E-state index in [4.69, 9.17) is 0 Å². The highest BCUT2D eigenvalue weighted by molar-refractivity contribution is 5.83. The smallest absolute Gasteiger partial charge is 0.0636 e. The van der Waals surface area contributed by atoms with Crippen LogP contribution >= 0.6 is 0 Å². The Balaban J connectivity index is 2.21. The van der Waals surface area contributed by atoms with Gasteiger partial charge in [-0.25, -0.2) is 0 Å². The number of nitrogens with zero attached hydrogens (tertiary/aromatic N) is 1. The average molecular weight is 246 g/mol. The second-order valence-corrected chi connectivity index (χ2v) is 4.84.